The first-order valence-electron chi connectivity index (χ1n) is 4.67. The smallest absolute Gasteiger partial charge is 0.123 e. The molecule has 1 rings (SSSR count). The quantitative estimate of drug-likeness (QED) is 0.503. The number of aryl methyl sites for hydroxylation is 2. The van der Waals surface area contributed by atoms with Gasteiger partial charge in [0, 0.05) is 5.56 Å². The van der Waals surface area contributed by atoms with Crippen molar-refractivity contribution in [3.05, 3.63) is 47.0 Å². The second-order valence-corrected chi connectivity index (χ2v) is 4.74. The van der Waals surface area contributed by atoms with E-state index in [0.717, 1.165) is 11.1 Å². The lowest BCUT2D eigenvalue weighted by atomic mass is 10.0. The van der Waals surface area contributed by atoms with Crippen LogP contribution in [0.2, 0.25) is 0 Å². The molecule has 0 radical (unpaired) electrons. The Bertz CT molecular complexity index is 397. The third kappa shape index (κ3) is 3.76. The Morgan fingerprint density at radius 3 is 2.67 bits per heavy atom. The predicted molar refractivity (Wildman–Crippen MR) is 71.9 cm³/mol. The molecule has 0 aliphatic heterocycles. The Morgan fingerprint density at radius 2 is 2.13 bits per heavy atom. The van der Waals surface area contributed by atoms with Crippen molar-refractivity contribution in [3.63, 3.8) is 0 Å². The molecule has 1 aromatic carbocycles. The lowest BCUT2D eigenvalue weighted by molar-refractivity contribution is 0.325. The van der Waals surface area contributed by atoms with Crippen molar-refractivity contribution in [2.45, 2.75) is 18.0 Å². The Labute approximate surface area is 104 Å². The van der Waals surface area contributed by atoms with Crippen LogP contribution in [0.1, 0.15) is 16.7 Å². The summed E-state index contributed by atoms with van der Waals surface area (Å²) in [5.74, 6) is 0. The molecular formula is C12H14INO. The van der Waals surface area contributed by atoms with Crippen LogP contribution in [-0.4, -0.2) is 14.9 Å². The summed E-state index contributed by atoms with van der Waals surface area (Å²) < 4.78 is -0.534. The fourth-order valence-corrected chi connectivity index (χ4v) is 1.59. The summed E-state index contributed by atoms with van der Waals surface area (Å²) in [6.45, 7) is 4.02. The number of hydrogen-bond donors (Lipinski definition) is 2. The zero-order chi connectivity index (χ0) is 11.4. The summed E-state index contributed by atoms with van der Waals surface area (Å²) in [7, 11) is 0. The second kappa shape index (κ2) is 5.42. The zero-order valence-corrected chi connectivity index (χ0v) is 10.9. The molecule has 0 bridgehead atoms. The molecule has 0 fully saturated rings. The first kappa shape index (κ1) is 12.4. The van der Waals surface area contributed by atoms with E-state index in [2.05, 4.69) is 6.07 Å². The molecule has 1 unspecified atom stereocenters. The number of allylic oxidation sites excluding steroid dienone is 1. The van der Waals surface area contributed by atoms with Crippen LogP contribution >= 0.6 is 22.6 Å². The molecule has 3 heteroatoms. The molecule has 0 heterocycles. The third-order valence-corrected chi connectivity index (χ3v) is 2.51. The van der Waals surface area contributed by atoms with Crippen molar-refractivity contribution >= 4 is 28.3 Å². The summed E-state index contributed by atoms with van der Waals surface area (Å²) in [5.41, 5.74) is 3.63. The van der Waals surface area contributed by atoms with Gasteiger partial charge in [-0.25, -0.2) is 0 Å². The van der Waals surface area contributed by atoms with E-state index >= 15 is 0 Å². The van der Waals surface area contributed by atoms with Gasteiger partial charge in [0.25, 0.3) is 0 Å². The lowest BCUT2D eigenvalue weighted by Crippen LogP contribution is -1.99. The SMILES string of the molecule is Cc1ccc(C(=N)/C=C\C(O)I)c(C)c1. The number of benzene rings is 1. The van der Waals surface area contributed by atoms with E-state index in [1.807, 2.05) is 48.6 Å². The van der Waals surface area contributed by atoms with E-state index in [1.54, 1.807) is 12.2 Å². The molecular weight excluding hydrogens is 301 g/mol. The van der Waals surface area contributed by atoms with Crippen LogP contribution in [0.15, 0.2) is 30.4 Å². The van der Waals surface area contributed by atoms with E-state index in [1.165, 1.54) is 5.56 Å². The van der Waals surface area contributed by atoms with Gasteiger partial charge in [0.05, 0.1) is 5.71 Å². The molecule has 0 spiro atoms. The highest BCUT2D eigenvalue weighted by molar-refractivity contribution is 14.1. The summed E-state index contributed by atoms with van der Waals surface area (Å²) in [6.07, 6.45) is 3.23. The molecule has 1 aromatic rings. The number of aliphatic hydroxyl groups excluding tert-OH is 1. The highest BCUT2D eigenvalue weighted by Crippen LogP contribution is 2.12. The average molecular weight is 315 g/mol. The topological polar surface area (TPSA) is 44.1 Å². The number of hydrogen-bond acceptors (Lipinski definition) is 2. The van der Waals surface area contributed by atoms with Gasteiger partial charge in [-0.15, -0.1) is 0 Å². The maximum absolute atomic E-state index is 9.06. The Hall–Kier alpha value is -0.680. The standard InChI is InChI=1S/C12H14INO/c1-8-3-4-10(9(2)7-8)11(14)5-6-12(13)15/h3-7,12,14-15H,1-2H3/b6-5-,14-11?. The van der Waals surface area contributed by atoms with Crippen molar-refractivity contribution in [2.24, 2.45) is 0 Å². The van der Waals surface area contributed by atoms with Gasteiger partial charge in [0.15, 0.2) is 0 Å². The molecule has 0 aromatic heterocycles. The number of rotatable bonds is 3. The first-order valence-corrected chi connectivity index (χ1v) is 5.92. The van der Waals surface area contributed by atoms with E-state index < -0.39 is 4.11 Å². The fraction of sp³-hybridized carbons (Fsp3) is 0.250. The van der Waals surface area contributed by atoms with Gasteiger partial charge in [0.1, 0.15) is 4.11 Å². The lowest BCUT2D eigenvalue weighted by Gasteiger charge is -2.05. The minimum atomic E-state index is -0.534. The average Bonchev–Trinajstić information content (AvgIpc) is 2.14. The van der Waals surface area contributed by atoms with Gasteiger partial charge in [-0.1, -0.05) is 23.8 Å². The van der Waals surface area contributed by atoms with Gasteiger partial charge in [0.2, 0.25) is 0 Å². The van der Waals surface area contributed by atoms with Crippen molar-refractivity contribution in [1.82, 2.24) is 0 Å². The fourth-order valence-electron chi connectivity index (χ4n) is 1.38. The maximum Gasteiger partial charge on any atom is 0.123 e. The molecule has 1 atom stereocenters. The highest BCUT2D eigenvalue weighted by Gasteiger charge is 2.02. The predicted octanol–water partition coefficient (Wildman–Crippen LogP) is 2.98. The number of aliphatic hydroxyl groups is 1. The Balaban J connectivity index is 2.92. The van der Waals surface area contributed by atoms with Crippen LogP contribution in [0.4, 0.5) is 0 Å². The van der Waals surface area contributed by atoms with E-state index in [-0.39, 0.29) is 0 Å². The van der Waals surface area contributed by atoms with Gasteiger partial charge in [-0.2, -0.15) is 0 Å². The van der Waals surface area contributed by atoms with E-state index in [9.17, 15) is 0 Å². The number of alkyl halides is 1. The van der Waals surface area contributed by atoms with Gasteiger partial charge < -0.3 is 10.5 Å². The number of nitrogens with one attached hydrogen (secondary N) is 1. The van der Waals surface area contributed by atoms with Crippen LogP contribution in [0.5, 0.6) is 0 Å². The van der Waals surface area contributed by atoms with Crippen molar-refractivity contribution in [3.8, 4) is 0 Å². The zero-order valence-electron chi connectivity index (χ0n) is 8.79. The molecule has 0 saturated carbocycles. The van der Waals surface area contributed by atoms with Crippen LogP contribution in [0, 0.1) is 19.3 Å². The molecule has 15 heavy (non-hydrogen) atoms. The summed E-state index contributed by atoms with van der Waals surface area (Å²) in [6, 6.07) is 5.99. The van der Waals surface area contributed by atoms with Gasteiger partial charge in [-0.05, 0) is 54.2 Å². The summed E-state index contributed by atoms with van der Waals surface area (Å²) in [4.78, 5) is 0. The summed E-state index contributed by atoms with van der Waals surface area (Å²) in [5, 5.41) is 16.9. The molecule has 80 valence electrons. The van der Waals surface area contributed by atoms with Gasteiger partial charge >= 0.3 is 0 Å². The van der Waals surface area contributed by atoms with Crippen LogP contribution < -0.4 is 0 Å². The summed E-state index contributed by atoms with van der Waals surface area (Å²) >= 11 is 1.88. The first-order chi connectivity index (χ1) is 7.00. The molecule has 2 nitrogen and oxygen atoms in total. The number of halogens is 1. The third-order valence-electron chi connectivity index (χ3n) is 2.09. The second-order valence-electron chi connectivity index (χ2n) is 3.46. The van der Waals surface area contributed by atoms with Crippen LogP contribution in [0.25, 0.3) is 0 Å². The Morgan fingerprint density at radius 1 is 1.47 bits per heavy atom. The van der Waals surface area contributed by atoms with Crippen molar-refractivity contribution in [1.29, 1.82) is 5.41 Å². The maximum atomic E-state index is 9.06. The molecule has 0 amide bonds. The van der Waals surface area contributed by atoms with E-state index in [4.69, 9.17) is 10.5 Å². The minimum Gasteiger partial charge on any atom is -0.379 e. The van der Waals surface area contributed by atoms with Crippen molar-refractivity contribution < 1.29 is 5.11 Å². The molecule has 0 aliphatic carbocycles. The minimum absolute atomic E-state index is 0.434. The molecule has 0 saturated heterocycles. The van der Waals surface area contributed by atoms with Gasteiger partial charge in [-0.3, -0.25) is 0 Å². The van der Waals surface area contributed by atoms with Crippen LogP contribution in [-0.2, 0) is 0 Å². The van der Waals surface area contributed by atoms with Crippen molar-refractivity contribution in [2.75, 3.05) is 0 Å². The molecule has 0 aliphatic rings. The van der Waals surface area contributed by atoms with E-state index in [0.29, 0.717) is 5.71 Å². The normalized spacial score (nSPS) is 13.1. The Kier molecular flexibility index (Phi) is 4.47. The molecule has 2 N–H and O–H groups in total. The monoisotopic (exact) mass is 315 g/mol. The van der Waals surface area contributed by atoms with Crippen LogP contribution in [0.3, 0.4) is 0 Å². The largest absolute Gasteiger partial charge is 0.379 e. The highest BCUT2D eigenvalue weighted by atomic mass is 127.